The predicted molar refractivity (Wildman–Crippen MR) is 196 cm³/mol. The van der Waals surface area contributed by atoms with E-state index >= 15 is 0 Å². The Morgan fingerprint density at radius 3 is 2.10 bits per heavy atom. The van der Waals surface area contributed by atoms with E-state index in [0.717, 1.165) is 56.9 Å². The minimum Gasteiger partial charge on any atom is -0.481 e. The lowest BCUT2D eigenvalue weighted by molar-refractivity contribution is -0.235. The molecule has 0 aliphatic heterocycles. The average Bonchev–Trinajstić information content (AvgIpc) is 3.31. The first kappa shape index (κ1) is 39.9. The number of hydrogen-bond acceptors (Lipinski definition) is 7. The Labute approximate surface area is 306 Å². The number of rotatable bonds is 11. The van der Waals surface area contributed by atoms with Gasteiger partial charge >= 0.3 is 17.9 Å². The van der Waals surface area contributed by atoms with Gasteiger partial charge in [0.2, 0.25) is 0 Å². The van der Waals surface area contributed by atoms with Crippen LogP contribution in [0.5, 0.6) is 0 Å². The monoisotopic (exact) mass is 713 g/mol. The van der Waals surface area contributed by atoms with Crippen molar-refractivity contribution in [3.05, 3.63) is 11.1 Å². The van der Waals surface area contributed by atoms with E-state index in [2.05, 4.69) is 48.5 Å². The Hall–Kier alpha value is -2.26. The minimum atomic E-state index is -1.18. The standard InChI is InChI=1S/C42H67NO8/c1-24(2)34-27(44)20-42(30(45)22-43(25(3)4)23-32(46)47)19-18-40(10)26(35(34)42)12-13-29-39(9)16-15-31(51-33(48)21-37(5,6)36(49)50)38(7,8)28(39)14-17-41(29,40)11/h24-26,28-31,45H,12-23H2,1-11H3,(H,46,47)(H,49,50). The molecular formula is C42H67NO8. The summed E-state index contributed by atoms with van der Waals surface area (Å²) in [6.07, 6.45) is 6.41. The highest BCUT2D eigenvalue weighted by atomic mass is 16.5. The molecular weight excluding hydrogens is 646 g/mol. The lowest BCUT2D eigenvalue weighted by Crippen LogP contribution is -2.66. The van der Waals surface area contributed by atoms with Crippen molar-refractivity contribution in [2.24, 2.45) is 56.2 Å². The topological polar surface area (TPSA) is 141 Å². The SMILES string of the molecule is CC(C)C1=C2C3CCC4C5(C)CCC(OC(=O)CC(C)(C)C(=O)O)C(C)(C)C5CCC4(C)C3(C)CCC2(C(O)CN(CC(=O)O)C(C)C)CC1=O. The molecule has 3 N–H and O–H groups in total. The molecule has 0 amide bonds. The van der Waals surface area contributed by atoms with Gasteiger partial charge in [0.05, 0.1) is 24.5 Å². The average molecular weight is 714 g/mol. The highest BCUT2D eigenvalue weighted by Gasteiger charge is 2.71. The van der Waals surface area contributed by atoms with Gasteiger partial charge in [-0.3, -0.25) is 24.1 Å². The second-order valence-corrected chi connectivity index (χ2v) is 20.0. The smallest absolute Gasteiger partial charge is 0.317 e. The van der Waals surface area contributed by atoms with Gasteiger partial charge in [0.1, 0.15) is 6.10 Å². The summed E-state index contributed by atoms with van der Waals surface area (Å²) in [7, 11) is 0. The number of aliphatic hydroxyl groups excluding tert-OH is 1. The maximum Gasteiger partial charge on any atom is 0.317 e. The molecule has 0 aromatic carbocycles. The maximum absolute atomic E-state index is 14.0. The van der Waals surface area contributed by atoms with Gasteiger partial charge in [-0.2, -0.15) is 0 Å². The molecule has 0 aromatic heterocycles. The van der Waals surface area contributed by atoms with Crippen LogP contribution in [0.25, 0.3) is 0 Å². The van der Waals surface area contributed by atoms with Gasteiger partial charge in [-0.1, -0.05) is 54.0 Å². The van der Waals surface area contributed by atoms with Crippen molar-refractivity contribution >= 4 is 23.7 Å². The maximum atomic E-state index is 14.0. The summed E-state index contributed by atoms with van der Waals surface area (Å²) in [5.74, 6) is -1.22. The molecule has 4 saturated carbocycles. The molecule has 4 fully saturated rings. The van der Waals surface area contributed by atoms with E-state index in [9.17, 15) is 34.5 Å². The molecule has 5 aliphatic rings. The molecule has 9 nitrogen and oxygen atoms in total. The molecule has 0 bridgehead atoms. The van der Waals surface area contributed by atoms with Crippen LogP contribution >= 0.6 is 0 Å². The zero-order valence-electron chi connectivity index (χ0n) is 33.4. The Bertz CT molecular complexity index is 1460. The van der Waals surface area contributed by atoms with Gasteiger partial charge in [-0.05, 0) is 125 Å². The largest absolute Gasteiger partial charge is 0.481 e. The van der Waals surface area contributed by atoms with Gasteiger partial charge < -0.3 is 20.1 Å². The Kier molecular flexibility index (Phi) is 10.4. The number of ketones is 1. The fourth-order valence-electron chi connectivity index (χ4n) is 12.9. The fraction of sp³-hybridized carbons (Fsp3) is 0.857. The first-order valence-electron chi connectivity index (χ1n) is 19.7. The molecule has 51 heavy (non-hydrogen) atoms. The molecule has 0 radical (unpaired) electrons. The molecule has 9 atom stereocenters. The number of hydrogen-bond donors (Lipinski definition) is 3. The first-order valence-corrected chi connectivity index (χ1v) is 19.7. The lowest BCUT2D eigenvalue weighted by atomic mass is 9.33. The molecule has 0 heterocycles. The second kappa shape index (κ2) is 13.2. The van der Waals surface area contributed by atoms with Gasteiger partial charge in [-0.15, -0.1) is 0 Å². The van der Waals surface area contributed by atoms with E-state index in [1.807, 2.05) is 18.7 Å². The van der Waals surface area contributed by atoms with E-state index in [-0.39, 0.29) is 70.9 Å². The fourth-order valence-corrected chi connectivity index (χ4v) is 12.9. The quantitative estimate of drug-likeness (QED) is 0.185. The van der Waals surface area contributed by atoms with Crippen LogP contribution in [0.2, 0.25) is 0 Å². The van der Waals surface area contributed by atoms with E-state index in [1.54, 1.807) is 13.8 Å². The number of carboxylic acid groups (broad SMARTS) is 2. The number of allylic oxidation sites excluding steroid dienone is 1. The Balaban J connectivity index is 1.46. The number of esters is 1. The van der Waals surface area contributed by atoms with Crippen LogP contribution in [0.3, 0.4) is 0 Å². The first-order chi connectivity index (χ1) is 23.4. The van der Waals surface area contributed by atoms with Crippen LogP contribution in [0, 0.1) is 56.2 Å². The number of aliphatic carboxylic acids is 2. The van der Waals surface area contributed by atoms with E-state index in [0.29, 0.717) is 18.3 Å². The normalized spacial score (nSPS) is 38.2. The predicted octanol–water partition coefficient (Wildman–Crippen LogP) is 7.54. The number of fused-ring (bicyclic) bond motifs is 7. The summed E-state index contributed by atoms with van der Waals surface area (Å²) in [5, 5.41) is 31.4. The number of carbonyl (C=O) groups is 4. The highest BCUT2D eigenvalue weighted by molar-refractivity contribution is 6.00. The zero-order chi connectivity index (χ0) is 38.3. The van der Waals surface area contributed by atoms with Crippen molar-refractivity contribution in [1.82, 2.24) is 4.90 Å². The van der Waals surface area contributed by atoms with Crippen molar-refractivity contribution in [3.63, 3.8) is 0 Å². The number of aliphatic hydroxyl groups is 1. The summed E-state index contributed by atoms with van der Waals surface area (Å²) in [4.78, 5) is 52.4. The van der Waals surface area contributed by atoms with Crippen LogP contribution in [0.1, 0.15) is 140 Å². The van der Waals surface area contributed by atoms with Crippen molar-refractivity contribution in [1.29, 1.82) is 0 Å². The second-order valence-electron chi connectivity index (χ2n) is 20.0. The van der Waals surface area contributed by atoms with Crippen LogP contribution in [0.15, 0.2) is 11.1 Å². The van der Waals surface area contributed by atoms with Crippen LogP contribution < -0.4 is 0 Å². The number of carbonyl (C=O) groups excluding carboxylic acids is 2. The molecule has 5 aliphatic carbocycles. The van der Waals surface area contributed by atoms with Crippen molar-refractivity contribution in [2.75, 3.05) is 13.1 Å². The third-order valence-electron chi connectivity index (χ3n) is 16.0. The summed E-state index contributed by atoms with van der Waals surface area (Å²) in [6, 6.07) is -0.0557. The van der Waals surface area contributed by atoms with Gasteiger partial charge in [0.25, 0.3) is 0 Å². The van der Waals surface area contributed by atoms with Gasteiger partial charge in [-0.25, -0.2) is 0 Å². The summed E-state index contributed by atoms with van der Waals surface area (Å²) in [6.45, 7) is 23.3. The van der Waals surface area contributed by atoms with E-state index in [4.69, 9.17) is 4.74 Å². The number of carboxylic acids is 2. The van der Waals surface area contributed by atoms with Gasteiger partial charge in [0.15, 0.2) is 5.78 Å². The van der Waals surface area contributed by atoms with Crippen LogP contribution in [-0.2, 0) is 23.9 Å². The number of ether oxygens (including phenoxy) is 1. The van der Waals surface area contributed by atoms with Crippen LogP contribution in [0.4, 0.5) is 0 Å². The Morgan fingerprint density at radius 1 is 0.882 bits per heavy atom. The highest BCUT2D eigenvalue weighted by Crippen LogP contribution is 2.77. The third-order valence-corrected chi connectivity index (χ3v) is 16.0. The molecule has 0 saturated heterocycles. The van der Waals surface area contributed by atoms with Crippen LogP contribution in [-0.4, -0.2) is 75.2 Å². The minimum absolute atomic E-state index is 0.00259. The summed E-state index contributed by atoms with van der Waals surface area (Å²) < 4.78 is 6.14. The third kappa shape index (κ3) is 6.22. The number of nitrogens with zero attached hydrogens (tertiary/aromatic N) is 1. The summed E-state index contributed by atoms with van der Waals surface area (Å²) in [5.41, 5.74) is -0.0814. The molecule has 9 heteroatoms. The zero-order valence-corrected chi connectivity index (χ0v) is 33.4. The number of Topliss-reactive ketones (excluding diaryl/α,β-unsaturated/α-hetero) is 1. The Morgan fingerprint density at radius 2 is 1.53 bits per heavy atom. The van der Waals surface area contributed by atoms with E-state index < -0.39 is 34.8 Å². The molecule has 0 aromatic rings. The lowest BCUT2D eigenvalue weighted by Gasteiger charge is -2.72. The van der Waals surface area contributed by atoms with Crippen molar-refractivity contribution in [2.45, 2.75) is 159 Å². The van der Waals surface area contributed by atoms with Gasteiger partial charge in [0, 0.05) is 29.8 Å². The van der Waals surface area contributed by atoms with E-state index in [1.165, 1.54) is 5.57 Å². The van der Waals surface area contributed by atoms with Crippen molar-refractivity contribution in [3.8, 4) is 0 Å². The summed E-state index contributed by atoms with van der Waals surface area (Å²) >= 11 is 0. The van der Waals surface area contributed by atoms with Crippen molar-refractivity contribution < 1.29 is 39.2 Å². The molecule has 9 unspecified atom stereocenters. The molecule has 5 rings (SSSR count). The molecule has 288 valence electrons. The molecule has 0 spiro atoms.